The molecular weight excluding hydrogens is 334 g/mol. The predicted molar refractivity (Wildman–Crippen MR) is 89.0 cm³/mol. The van der Waals surface area contributed by atoms with Crippen molar-refractivity contribution in [3.63, 3.8) is 0 Å². The van der Waals surface area contributed by atoms with Gasteiger partial charge in [-0.3, -0.25) is 4.79 Å². The fourth-order valence-electron chi connectivity index (χ4n) is 2.20. The first-order chi connectivity index (χ1) is 11.5. The molecule has 1 aromatic heterocycles. The second-order valence-corrected chi connectivity index (χ2v) is 5.43. The number of benzene rings is 2. The first-order valence-corrected chi connectivity index (χ1v) is 7.40. The molecular formula is C18H11ClF2N2O. The molecule has 0 fully saturated rings. The molecule has 6 heteroatoms. The van der Waals surface area contributed by atoms with Crippen molar-refractivity contribution >= 4 is 23.3 Å². The summed E-state index contributed by atoms with van der Waals surface area (Å²) < 4.78 is 27.2. The SMILES string of the molecule is O=C(Nc1ccc(-c2cccc(Cl)c2)cn1)c1c(F)cccc1F. The molecule has 1 amide bonds. The Morgan fingerprint density at radius 2 is 1.67 bits per heavy atom. The van der Waals surface area contributed by atoms with Crippen LogP contribution in [0.4, 0.5) is 14.6 Å². The quantitative estimate of drug-likeness (QED) is 0.731. The molecule has 3 rings (SSSR count). The Bertz CT molecular complexity index is 878. The number of amides is 1. The Morgan fingerprint density at radius 3 is 2.29 bits per heavy atom. The molecule has 3 aromatic rings. The van der Waals surface area contributed by atoms with E-state index in [1.54, 1.807) is 30.5 Å². The van der Waals surface area contributed by atoms with Gasteiger partial charge in [0.25, 0.3) is 5.91 Å². The predicted octanol–water partition coefficient (Wildman–Crippen LogP) is 4.93. The molecule has 0 atom stereocenters. The lowest BCUT2D eigenvalue weighted by Crippen LogP contribution is -2.16. The molecule has 0 unspecified atom stereocenters. The average molecular weight is 345 g/mol. The van der Waals surface area contributed by atoms with Gasteiger partial charge in [0.15, 0.2) is 0 Å². The van der Waals surface area contributed by atoms with Crippen LogP contribution in [0.3, 0.4) is 0 Å². The van der Waals surface area contributed by atoms with Crippen LogP contribution in [0.15, 0.2) is 60.8 Å². The third kappa shape index (κ3) is 3.41. The van der Waals surface area contributed by atoms with Crippen LogP contribution in [-0.4, -0.2) is 10.9 Å². The number of nitrogens with one attached hydrogen (secondary N) is 1. The molecule has 0 bridgehead atoms. The maximum absolute atomic E-state index is 13.6. The summed E-state index contributed by atoms with van der Waals surface area (Å²) in [5.41, 5.74) is 1.03. The van der Waals surface area contributed by atoms with Crippen LogP contribution in [0.1, 0.15) is 10.4 Å². The fourth-order valence-corrected chi connectivity index (χ4v) is 2.39. The number of hydrogen-bond donors (Lipinski definition) is 1. The van der Waals surface area contributed by atoms with Crippen molar-refractivity contribution in [2.24, 2.45) is 0 Å². The van der Waals surface area contributed by atoms with Crippen LogP contribution in [-0.2, 0) is 0 Å². The minimum atomic E-state index is -0.928. The van der Waals surface area contributed by atoms with E-state index in [4.69, 9.17) is 11.6 Å². The van der Waals surface area contributed by atoms with Gasteiger partial charge in [-0.25, -0.2) is 13.8 Å². The van der Waals surface area contributed by atoms with Gasteiger partial charge in [0.1, 0.15) is 23.0 Å². The normalized spacial score (nSPS) is 10.5. The standard InChI is InChI=1S/C18H11ClF2N2O/c19-13-4-1-3-11(9-13)12-7-8-16(22-10-12)23-18(24)17-14(20)5-2-6-15(17)21/h1-10H,(H,22,23,24). The second kappa shape index (κ2) is 6.76. The minimum Gasteiger partial charge on any atom is -0.306 e. The Hall–Kier alpha value is -2.79. The van der Waals surface area contributed by atoms with Crippen molar-refractivity contribution in [3.8, 4) is 11.1 Å². The molecule has 0 aliphatic heterocycles. The lowest BCUT2D eigenvalue weighted by Gasteiger charge is -2.07. The fraction of sp³-hybridized carbons (Fsp3) is 0. The van der Waals surface area contributed by atoms with Crippen molar-refractivity contribution in [2.75, 3.05) is 5.32 Å². The summed E-state index contributed by atoms with van der Waals surface area (Å²) in [7, 11) is 0. The van der Waals surface area contributed by atoms with E-state index in [1.807, 2.05) is 12.1 Å². The van der Waals surface area contributed by atoms with Crippen LogP contribution < -0.4 is 5.32 Å². The molecule has 1 N–H and O–H groups in total. The summed E-state index contributed by atoms with van der Waals surface area (Å²) in [6.45, 7) is 0. The molecule has 0 aliphatic rings. The Labute approximate surface area is 141 Å². The summed E-state index contributed by atoms with van der Waals surface area (Å²) in [5.74, 6) is -2.56. The molecule has 0 radical (unpaired) electrons. The van der Waals surface area contributed by atoms with E-state index >= 15 is 0 Å². The highest BCUT2D eigenvalue weighted by atomic mass is 35.5. The molecule has 120 valence electrons. The van der Waals surface area contributed by atoms with Crippen molar-refractivity contribution in [2.45, 2.75) is 0 Å². The zero-order chi connectivity index (χ0) is 17.1. The molecule has 1 heterocycles. The van der Waals surface area contributed by atoms with Gasteiger partial charge < -0.3 is 5.32 Å². The number of carbonyl (C=O) groups excluding carboxylic acids is 1. The largest absolute Gasteiger partial charge is 0.306 e. The van der Waals surface area contributed by atoms with Crippen molar-refractivity contribution in [1.82, 2.24) is 4.98 Å². The van der Waals surface area contributed by atoms with E-state index in [9.17, 15) is 13.6 Å². The monoisotopic (exact) mass is 344 g/mol. The van der Waals surface area contributed by atoms with Crippen LogP contribution in [0.2, 0.25) is 5.02 Å². The molecule has 3 nitrogen and oxygen atoms in total. The highest BCUT2D eigenvalue weighted by Crippen LogP contribution is 2.23. The summed E-state index contributed by atoms with van der Waals surface area (Å²) in [5, 5.41) is 2.97. The number of carbonyl (C=O) groups is 1. The maximum atomic E-state index is 13.6. The molecule has 2 aromatic carbocycles. The summed E-state index contributed by atoms with van der Waals surface area (Å²) in [4.78, 5) is 16.1. The van der Waals surface area contributed by atoms with E-state index in [0.717, 1.165) is 23.3 Å². The van der Waals surface area contributed by atoms with E-state index in [-0.39, 0.29) is 5.82 Å². The number of halogens is 3. The molecule has 24 heavy (non-hydrogen) atoms. The summed E-state index contributed by atoms with van der Waals surface area (Å²) in [6.07, 6.45) is 1.54. The molecule has 0 spiro atoms. The summed E-state index contributed by atoms with van der Waals surface area (Å²) >= 11 is 5.94. The van der Waals surface area contributed by atoms with Gasteiger partial charge in [0.2, 0.25) is 0 Å². The van der Waals surface area contributed by atoms with E-state index < -0.39 is 23.1 Å². The summed E-state index contributed by atoms with van der Waals surface area (Å²) in [6, 6.07) is 13.7. The molecule has 0 aliphatic carbocycles. The van der Waals surface area contributed by atoms with Crippen molar-refractivity contribution < 1.29 is 13.6 Å². The van der Waals surface area contributed by atoms with Gasteiger partial charge in [-0.2, -0.15) is 0 Å². The van der Waals surface area contributed by atoms with Gasteiger partial charge in [0.05, 0.1) is 0 Å². The Balaban J connectivity index is 1.81. The van der Waals surface area contributed by atoms with E-state index in [1.165, 1.54) is 6.07 Å². The van der Waals surface area contributed by atoms with Crippen LogP contribution in [0.5, 0.6) is 0 Å². The third-order valence-corrected chi connectivity index (χ3v) is 3.59. The molecule has 0 saturated carbocycles. The number of hydrogen-bond acceptors (Lipinski definition) is 2. The molecule has 0 saturated heterocycles. The van der Waals surface area contributed by atoms with Gasteiger partial charge in [0, 0.05) is 16.8 Å². The number of aromatic nitrogens is 1. The average Bonchev–Trinajstić information content (AvgIpc) is 2.55. The Morgan fingerprint density at radius 1 is 0.958 bits per heavy atom. The lowest BCUT2D eigenvalue weighted by atomic mass is 10.1. The van der Waals surface area contributed by atoms with Crippen LogP contribution >= 0.6 is 11.6 Å². The van der Waals surface area contributed by atoms with Crippen LogP contribution in [0.25, 0.3) is 11.1 Å². The Kier molecular flexibility index (Phi) is 4.53. The lowest BCUT2D eigenvalue weighted by molar-refractivity contribution is 0.101. The topological polar surface area (TPSA) is 42.0 Å². The minimum absolute atomic E-state index is 0.188. The van der Waals surface area contributed by atoms with E-state index in [0.29, 0.717) is 5.02 Å². The maximum Gasteiger partial charge on any atom is 0.262 e. The highest BCUT2D eigenvalue weighted by Gasteiger charge is 2.17. The van der Waals surface area contributed by atoms with E-state index in [2.05, 4.69) is 10.3 Å². The third-order valence-electron chi connectivity index (χ3n) is 3.35. The zero-order valence-corrected chi connectivity index (χ0v) is 13.0. The first-order valence-electron chi connectivity index (χ1n) is 7.02. The van der Waals surface area contributed by atoms with Gasteiger partial charge in [-0.15, -0.1) is 0 Å². The zero-order valence-electron chi connectivity index (χ0n) is 12.3. The first kappa shape index (κ1) is 16.1. The number of rotatable bonds is 3. The second-order valence-electron chi connectivity index (χ2n) is 4.99. The number of anilines is 1. The number of pyridine rings is 1. The van der Waals surface area contributed by atoms with Crippen LogP contribution in [0, 0.1) is 11.6 Å². The van der Waals surface area contributed by atoms with Gasteiger partial charge >= 0.3 is 0 Å². The number of nitrogens with zero attached hydrogens (tertiary/aromatic N) is 1. The smallest absolute Gasteiger partial charge is 0.262 e. The highest BCUT2D eigenvalue weighted by molar-refractivity contribution is 6.30. The van der Waals surface area contributed by atoms with Crippen molar-refractivity contribution in [1.29, 1.82) is 0 Å². The van der Waals surface area contributed by atoms with Gasteiger partial charge in [-0.1, -0.05) is 29.8 Å². The van der Waals surface area contributed by atoms with Gasteiger partial charge in [-0.05, 0) is 42.0 Å². The van der Waals surface area contributed by atoms with Crippen molar-refractivity contribution in [3.05, 3.63) is 83.0 Å².